The molecule has 1 aromatic heterocycles. The van der Waals surface area contributed by atoms with Crippen molar-refractivity contribution < 1.29 is 0 Å². The first-order valence-electron chi connectivity index (χ1n) is 6.25. The van der Waals surface area contributed by atoms with Gasteiger partial charge in [0, 0.05) is 13.6 Å². The minimum absolute atomic E-state index is 0.477. The lowest BCUT2D eigenvalue weighted by Gasteiger charge is -2.21. The van der Waals surface area contributed by atoms with Gasteiger partial charge in [0.1, 0.15) is 0 Å². The highest BCUT2D eigenvalue weighted by Gasteiger charge is 2.12. The van der Waals surface area contributed by atoms with Crippen LogP contribution in [-0.2, 0) is 6.54 Å². The van der Waals surface area contributed by atoms with Crippen LogP contribution in [0.2, 0.25) is 5.15 Å². The van der Waals surface area contributed by atoms with Crippen molar-refractivity contribution in [2.24, 2.45) is 0 Å². The van der Waals surface area contributed by atoms with Crippen LogP contribution in [-0.4, -0.2) is 17.2 Å². The van der Waals surface area contributed by atoms with E-state index in [0.29, 0.717) is 5.15 Å². The normalized spacial score (nSPS) is 10.6. The molecule has 0 bridgehead atoms. The number of hydrogen-bond acceptors (Lipinski definition) is 3. The van der Waals surface area contributed by atoms with E-state index in [1.165, 1.54) is 11.1 Å². The first-order chi connectivity index (χ1) is 8.99. The van der Waals surface area contributed by atoms with Gasteiger partial charge in [0.15, 0.2) is 11.0 Å². The predicted octanol–water partition coefficient (Wildman–Crippen LogP) is 3.69. The van der Waals surface area contributed by atoms with E-state index in [1.807, 2.05) is 20.9 Å². The number of halogens is 1. The van der Waals surface area contributed by atoms with Crippen molar-refractivity contribution in [2.45, 2.75) is 27.3 Å². The van der Waals surface area contributed by atoms with Crippen LogP contribution in [0.3, 0.4) is 0 Å². The Kier molecular flexibility index (Phi) is 4.05. The van der Waals surface area contributed by atoms with Crippen LogP contribution in [0.4, 0.5) is 5.82 Å². The molecule has 100 valence electrons. The minimum atomic E-state index is 0.477. The van der Waals surface area contributed by atoms with Crippen LogP contribution in [0.15, 0.2) is 24.3 Å². The second-order valence-electron chi connectivity index (χ2n) is 4.91. The summed E-state index contributed by atoms with van der Waals surface area (Å²) in [5.41, 5.74) is 4.59. The SMILES string of the molecule is Cc1cccc(CN(C)c2nnc(Cl)c(C)c2C)c1. The van der Waals surface area contributed by atoms with E-state index in [9.17, 15) is 0 Å². The highest BCUT2D eigenvalue weighted by Crippen LogP contribution is 2.24. The Hall–Kier alpha value is -1.61. The molecular formula is C15H18ClN3. The van der Waals surface area contributed by atoms with Crippen molar-refractivity contribution >= 4 is 17.4 Å². The van der Waals surface area contributed by atoms with Crippen LogP contribution >= 0.6 is 11.6 Å². The van der Waals surface area contributed by atoms with Crippen molar-refractivity contribution in [1.29, 1.82) is 0 Å². The molecule has 2 aromatic rings. The van der Waals surface area contributed by atoms with E-state index in [1.54, 1.807) is 0 Å². The fourth-order valence-corrected chi connectivity index (χ4v) is 2.27. The third kappa shape index (κ3) is 3.04. The number of hydrogen-bond donors (Lipinski definition) is 0. The van der Waals surface area contributed by atoms with Gasteiger partial charge in [0.2, 0.25) is 0 Å². The number of aryl methyl sites for hydroxylation is 1. The summed E-state index contributed by atoms with van der Waals surface area (Å²) in [6.07, 6.45) is 0. The maximum Gasteiger partial charge on any atom is 0.155 e. The molecule has 4 heteroatoms. The molecule has 0 spiro atoms. The lowest BCUT2D eigenvalue weighted by atomic mass is 10.1. The van der Waals surface area contributed by atoms with Crippen LogP contribution < -0.4 is 4.90 Å². The summed E-state index contributed by atoms with van der Waals surface area (Å²) in [6.45, 7) is 6.90. The number of anilines is 1. The van der Waals surface area contributed by atoms with Gasteiger partial charge in [0.25, 0.3) is 0 Å². The van der Waals surface area contributed by atoms with E-state index >= 15 is 0 Å². The lowest BCUT2D eigenvalue weighted by molar-refractivity contribution is 0.852. The topological polar surface area (TPSA) is 29.0 Å². The van der Waals surface area contributed by atoms with Crippen molar-refractivity contribution in [3.8, 4) is 0 Å². The number of nitrogens with zero attached hydrogens (tertiary/aromatic N) is 3. The number of aromatic nitrogens is 2. The molecule has 0 amide bonds. The summed E-state index contributed by atoms with van der Waals surface area (Å²) in [7, 11) is 2.02. The molecule has 1 aromatic carbocycles. The third-order valence-electron chi connectivity index (χ3n) is 3.30. The summed E-state index contributed by atoms with van der Waals surface area (Å²) >= 11 is 5.98. The van der Waals surface area contributed by atoms with Crippen LogP contribution in [0.1, 0.15) is 22.3 Å². The van der Waals surface area contributed by atoms with Gasteiger partial charge in [-0.25, -0.2) is 0 Å². The average Bonchev–Trinajstić information content (AvgIpc) is 2.36. The molecule has 0 N–H and O–H groups in total. The molecule has 0 unspecified atom stereocenters. The molecule has 1 heterocycles. The molecule has 0 aliphatic carbocycles. The van der Waals surface area contributed by atoms with Gasteiger partial charge >= 0.3 is 0 Å². The van der Waals surface area contributed by atoms with E-state index in [2.05, 4.69) is 46.3 Å². The van der Waals surface area contributed by atoms with Crippen molar-refractivity contribution in [2.75, 3.05) is 11.9 Å². The largest absolute Gasteiger partial charge is 0.354 e. The van der Waals surface area contributed by atoms with E-state index in [0.717, 1.165) is 23.5 Å². The Balaban J connectivity index is 2.25. The van der Waals surface area contributed by atoms with E-state index < -0.39 is 0 Å². The number of benzene rings is 1. The lowest BCUT2D eigenvalue weighted by Crippen LogP contribution is -2.20. The van der Waals surface area contributed by atoms with Gasteiger partial charge in [0.05, 0.1) is 0 Å². The van der Waals surface area contributed by atoms with Crippen LogP contribution in [0.25, 0.3) is 0 Å². The zero-order chi connectivity index (χ0) is 14.0. The zero-order valence-corrected chi connectivity index (χ0v) is 12.5. The van der Waals surface area contributed by atoms with Gasteiger partial charge in [-0.15, -0.1) is 10.2 Å². The molecule has 0 saturated heterocycles. The van der Waals surface area contributed by atoms with E-state index in [4.69, 9.17) is 11.6 Å². The smallest absolute Gasteiger partial charge is 0.155 e. The summed E-state index contributed by atoms with van der Waals surface area (Å²) in [4.78, 5) is 2.10. The van der Waals surface area contributed by atoms with Gasteiger partial charge in [-0.1, -0.05) is 41.4 Å². The Bertz CT molecular complexity index is 596. The standard InChI is InChI=1S/C15H18ClN3/c1-10-6-5-7-13(8-10)9-19(4)15-12(3)11(2)14(16)17-18-15/h5-8H,9H2,1-4H3. The second-order valence-corrected chi connectivity index (χ2v) is 5.27. The predicted molar refractivity (Wildman–Crippen MR) is 79.8 cm³/mol. The Morgan fingerprint density at radius 1 is 1.11 bits per heavy atom. The van der Waals surface area contributed by atoms with Crippen molar-refractivity contribution in [1.82, 2.24) is 10.2 Å². The summed E-state index contributed by atoms with van der Waals surface area (Å²) in [6, 6.07) is 8.47. The fraction of sp³-hybridized carbons (Fsp3) is 0.333. The summed E-state index contributed by atoms with van der Waals surface area (Å²) in [5, 5.41) is 8.67. The fourth-order valence-electron chi connectivity index (χ4n) is 2.09. The maximum atomic E-state index is 5.98. The minimum Gasteiger partial charge on any atom is -0.354 e. The first-order valence-corrected chi connectivity index (χ1v) is 6.63. The molecule has 0 saturated carbocycles. The second kappa shape index (κ2) is 5.57. The van der Waals surface area contributed by atoms with Crippen LogP contribution in [0, 0.1) is 20.8 Å². The molecule has 0 aliphatic heterocycles. The Morgan fingerprint density at radius 3 is 2.53 bits per heavy atom. The molecular weight excluding hydrogens is 258 g/mol. The molecule has 0 atom stereocenters. The van der Waals surface area contributed by atoms with Crippen molar-refractivity contribution in [3.63, 3.8) is 0 Å². The molecule has 3 nitrogen and oxygen atoms in total. The van der Waals surface area contributed by atoms with Gasteiger partial charge < -0.3 is 4.90 Å². The van der Waals surface area contributed by atoms with Gasteiger partial charge in [-0.05, 0) is 37.5 Å². The first kappa shape index (κ1) is 13.8. The van der Waals surface area contributed by atoms with Gasteiger partial charge in [-0.3, -0.25) is 0 Å². The number of rotatable bonds is 3. The molecule has 19 heavy (non-hydrogen) atoms. The molecule has 0 aliphatic rings. The molecule has 0 radical (unpaired) electrons. The zero-order valence-electron chi connectivity index (χ0n) is 11.7. The monoisotopic (exact) mass is 275 g/mol. The molecule has 0 fully saturated rings. The molecule has 2 rings (SSSR count). The third-order valence-corrected chi connectivity index (χ3v) is 3.66. The van der Waals surface area contributed by atoms with Crippen LogP contribution in [0.5, 0.6) is 0 Å². The maximum absolute atomic E-state index is 5.98. The Labute approximate surface area is 119 Å². The van der Waals surface area contributed by atoms with E-state index in [-0.39, 0.29) is 0 Å². The van der Waals surface area contributed by atoms with Crippen molar-refractivity contribution in [3.05, 3.63) is 51.7 Å². The Morgan fingerprint density at radius 2 is 1.84 bits per heavy atom. The summed E-state index contributed by atoms with van der Waals surface area (Å²) < 4.78 is 0. The summed E-state index contributed by atoms with van der Waals surface area (Å²) in [5.74, 6) is 0.878. The average molecular weight is 276 g/mol. The quantitative estimate of drug-likeness (QED) is 0.855. The highest BCUT2D eigenvalue weighted by molar-refractivity contribution is 6.30. The van der Waals surface area contributed by atoms with Gasteiger partial charge in [-0.2, -0.15) is 0 Å². The highest BCUT2D eigenvalue weighted by atomic mass is 35.5.